The van der Waals surface area contributed by atoms with E-state index in [1.807, 2.05) is 18.2 Å². The highest BCUT2D eigenvalue weighted by molar-refractivity contribution is 9.10. The molecule has 1 saturated heterocycles. The van der Waals surface area contributed by atoms with E-state index in [4.69, 9.17) is 4.74 Å². The second-order valence-corrected chi connectivity index (χ2v) is 6.34. The number of hydrogen-bond acceptors (Lipinski definition) is 3. The van der Waals surface area contributed by atoms with E-state index in [0.29, 0.717) is 12.6 Å². The van der Waals surface area contributed by atoms with Gasteiger partial charge < -0.3 is 9.84 Å². The van der Waals surface area contributed by atoms with Crippen LogP contribution in [0.2, 0.25) is 0 Å². The first-order valence-electron chi connectivity index (χ1n) is 6.74. The highest BCUT2D eigenvalue weighted by Gasteiger charge is 2.40. The predicted octanol–water partition coefficient (Wildman–Crippen LogP) is 2.97. The zero-order chi connectivity index (χ0) is 14.9. The number of ether oxygens (including phenoxy) is 1. The van der Waals surface area contributed by atoms with E-state index in [2.05, 4.69) is 34.7 Å². The number of likely N-dealkylation sites (tertiary alicyclic amines) is 1. The van der Waals surface area contributed by atoms with Crippen molar-refractivity contribution in [1.82, 2.24) is 4.90 Å². The summed E-state index contributed by atoms with van der Waals surface area (Å²) >= 11 is 3.54. The van der Waals surface area contributed by atoms with Crippen molar-refractivity contribution in [3.8, 4) is 5.75 Å². The molecule has 1 fully saturated rings. The van der Waals surface area contributed by atoms with Crippen LogP contribution in [0.4, 0.5) is 0 Å². The Morgan fingerprint density at radius 3 is 2.65 bits per heavy atom. The summed E-state index contributed by atoms with van der Waals surface area (Å²) in [6.07, 6.45) is 0. The third-order valence-electron chi connectivity index (χ3n) is 4.00. The lowest BCUT2D eigenvalue weighted by molar-refractivity contribution is -0.141. The van der Waals surface area contributed by atoms with E-state index in [-0.39, 0.29) is 11.8 Å². The average Bonchev–Trinajstić information content (AvgIpc) is 2.83. The van der Waals surface area contributed by atoms with Crippen LogP contribution in [0.3, 0.4) is 0 Å². The van der Waals surface area contributed by atoms with E-state index < -0.39 is 5.97 Å². The van der Waals surface area contributed by atoms with E-state index in [9.17, 15) is 9.90 Å². The van der Waals surface area contributed by atoms with E-state index in [1.165, 1.54) is 0 Å². The van der Waals surface area contributed by atoms with Crippen LogP contribution in [0.15, 0.2) is 22.7 Å². The molecule has 2 unspecified atom stereocenters. The molecule has 4 nitrogen and oxygen atoms in total. The molecular weight excluding hydrogens is 322 g/mol. The molecule has 1 aromatic rings. The first-order valence-corrected chi connectivity index (χ1v) is 7.53. The van der Waals surface area contributed by atoms with Crippen molar-refractivity contribution in [3.63, 3.8) is 0 Å². The summed E-state index contributed by atoms with van der Waals surface area (Å²) in [7, 11) is 1.62. The lowest BCUT2D eigenvalue weighted by atomic mass is 9.89. The summed E-state index contributed by atoms with van der Waals surface area (Å²) in [5.41, 5.74) is 1.04. The minimum Gasteiger partial charge on any atom is -0.497 e. The maximum Gasteiger partial charge on any atom is 0.308 e. The number of rotatable bonds is 4. The number of carbonyl (C=O) groups is 1. The van der Waals surface area contributed by atoms with Crippen LogP contribution in [0.25, 0.3) is 0 Å². The van der Waals surface area contributed by atoms with Gasteiger partial charge in [-0.3, -0.25) is 9.69 Å². The molecule has 1 N–H and O–H groups in total. The second-order valence-electron chi connectivity index (χ2n) is 5.49. The quantitative estimate of drug-likeness (QED) is 0.914. The smallest absolute Gasteiger partial charge is 0.308 e. The van der Waals surface area contributed by atoms with Crippen LogP contribution in [0.5, 0.6) is 5.75 Å². The fourth-order valence-electron chi connectivity index (χ4n) is 2.76. The van der Waals surface area contributed by atoms with Crippen molar-refractivity contribution in [3.05, 3.63) is 28.2 Å². The van der Waals surface area contributed by atoms with Gasteiger partial charge in [-0.15, -0.1) is 0 Å². The van der Waals surface area contributed by atoms with Gasteiger partial charge in [-0.2, -0.15) is 0 Å². The molecule has 5 heteroatoms. The molecule has 0 saturated carbocycles. The molecule has 0 aliphatic carbocycles. The Morgan fingerprint density at radius 2 is 2.15 bits per heavy atom. The number of methoxy groups -OCH3 is 1. The van der Waals surface area contributed by atoms with Crippen molar-refractivity contribution in [2.75, 3.05) is 20.2 Å². The molecule has 2 atom stereocenters. The van der Waals surface area contributed by atoms with Crippen LogP contribution in [-0.4, -0.2) is 42.2 Å². The van der Waals surface area contributed by atoms with Crippen LogP contribution >= 0.6 is 15.9 Å². The van der Waals surface area contributed by atoms with Gasteiger partial charge in [0.1, 0.15) is 5.75 Å². The summed E-state index contributed by atoms with van der Waals surface area (Å²) in [5, 5.41) is 9.47. The summed E-state index contributed by atoms with van der Waals surface area (Å²) in [5.74, 6) is -0.302. The Labute approximate surface area is 127 Å². The Bertz CT molecular complexity index is 504. The Balaban J connectivity index is 2.31. The van der Waals surface area contributed by atoms with Gasteiger partial charge in [0.2, 0.25) is 0 Å². The molecule has 0 radical (unpaired) electrons. The molecule has 0 bridgehead atoms. The second kappa shape index (κ2) is 6.14. The molecule has 2 rings (SSSR count). The molecule has 1 heterocycles. The summed E-state index contributed by atoms with van der Waals surface area (Å²) in [6.45, 7) is 5.59. The van der Waals surface area contributed by atoms with Gasteiger partial charge >= 0.3 is 5.97 Å². The molecule has 0 aromatic heterocycles. The van der Waals surface area contributed by atoms with Gasteiger partial charge in [0.25, 0.3) is 0 Å². The fraction of sp³-hybridized carbons (Fsp3) is 0.533. The van der Waals surface area contributed by atoms with Gasteiger partial charge in [-0.25, -0.2) is 0 Å². The lowest BCUT2D eigenvalue weighted by Crippen LogP contribution is -2.29. The highest BCUT2D eigenvalue weighted by atomic mass is 79.9. The summed E-state index contributed by atoms with van der Waals surface area (Å²) in [4.78, 5) is 13.7. The largest absolute Gasteiger partial charge is 0.497 e. The monoisotopic (exact) mass is 341 g/mol. The molecule has 110 valence electrons. The molecular formula is C15H20BrNO3. The molecule has 1 aliphatic heterocycles. The van der Waals surface area contributed by atoms with Crippen molar-refractivity contribution < 1.29 is 14.6 Å². The molecule has 1 aliphatic rings. The minimum atomic E-state index is -0.721. The standard InChI is InChI=1S/C15H20BrNO3/c1-9(2)17-7-12(13(8-17)15(18)19)11-5-4-10(20-3)6-14(11)16/h4-6,9,12-13H,7-8H2,1-3H3,(H,18,19). The van der Waals surface area contributed by atoms with Crippen molar-refractivity contribution in [1.29, 1.82) is 0 Å². The van der Waals surface area contributed by atoms with E-state index >= 15 is 0 Å². The zero-order valence-corrected chi connectivity index (χ0v) is 13.6. The lowest BCUT2D eigenvalue weighted by Gasteiger charge is -2.20. The highest BCUT2D eigenvalue weighted by Crippen LogP contribution is 2.38. The minimum absolute atomic E-state index is 0.00943. The van der Waals surface area contributed by atoms with Crippen molar-refractivity contribution in [2.24, 2.45) is 5.92 Å². The zero-order valence-electron chi connectivity index (χ0n) is 12.0. The first-order chi connectivity index (χ1) is 9.43. The SMILES string of the molecule is COc1ccc(C2CN(C(C)C)CC2C(=O)O)c(Br)c1. The molecule has 1 aromatic carbocycles. The van der Waals surface area contributed by atoms with Crippen molar-refractivity contribution >= 4 is 21.9 Å². The number of benzene rings is 1. The number of hydrogen-bond donors (Lipinski definition) is 1. The van der Waals surface area contributed by atoms with Crippen LogP contribution in [-0.2, 0) is 4.79 Å². The average molecular weight is 342 g/mol. The van der Waals surface area contributed by atoms with Gasteiger partial charge in [0.15, 0.2) is 0 Å². The summed E-state index contributed by atoms with van der Waals surface area (Å²) < 4.78 is 6.11. The summed E-state index contributed by atoms with van der Waals surface area (Å²) in [6, 6.07) is 6.11. The van der Waals surface area contributed by atoms with Crippen molar-refractivity contribution in [2.45, 2.75) is 25.8 Å². The third kappa shape index (κ3) is 2.99. The third-order valence-corrected chi connectivity index (χ3v) is 4.69. The van der Waals surface area contributed by atoms with Gasteiger partial charge in [-0.1, -0.05) is 22.0 Å². The van der Waals surface area contributed by atoms with Gasteiger partial charge in [0.05, 0.1) is 13.0 Å². The van der Waals surface area contributed by atoms with Gasteiger partial charge in [-0.05, 0) is 31.5 Å². The maximum atomic E-state index is 11.5. The maximum absolute atomic E-state index is 11.5. The normalized spacial score (nSPS) is 23.2. The predicted molar refractivity (Wildman–Crippen MR) is 81.3 cm³/mol. The van der Waals surface area contributed by atoms with Crippen LogP contribution in [0.1, 0.15) is 25.3 Å². The van der Waals surface area contributed by atoms with Gasteiger partial charge in [0, 0.05) is 29.5 Å². The fourth-order valence-corrected chi connectivity index (χ4v) is 3.41. The Hall–Kier alpha value is -1.07. The van der Waals surface area contributed by atoms with E-state index in [0.717, 1.165) is 22.3 Å². The molecule has 20 heavy (non-hydrogen) atoms. The number of carboxylic acid groups (broad SMARTS) is 1. The topological polar surface area (TPSA) is 49.8 Å². The van der Waals surface area contributed by atoms with Crippen LogP contribution in [0, 0.1) is 5.92 Å². The number of halogens is 1. The molecule has 0 amide bonds. The first kappa shape index (κ1) is 15.3. The number of aliphatic carboxylic acids is 1. The molecule has 0 spiro atoms. The van der Waals surface area contributed by atoms with E-state index in [1.54, 1.807) is 7.11 Å². The number of carboxylic acids is 1. The number of nitrogens with zero attached hydrogens (tertiary/aromatic N) is 1. The van der Waals surface area contributed by atoms with Crippen LogP contribution < -0.4 is 4.74 Å². The Kier molecular flexibility index (Phi) is 4.70. The Morgan fingerprint density at radius 1 is 1.45 bits per heavy atom.